The number of carbonyl (C=O) groups excluding carboxylic acids is 1. The lowest BCUT2D eigenvalue weighted by atomic mass is 10.1. The van der Waals surface area contributed by atoms with Crippen LogP contribution in [0, 0.1) is 5.82 Å². The van der Waals surface area contributed by atoms with Crippen molar-refractivity contribution in [1.29, 1.82) is 0 Å². The van der Waals surface area contributed by atoms with E-state index in [1.54, 1.807) is 17.0 Å². The van der Waals surface area contributed by atoms with Crippen LogP contribution < -0.4 is 16.4 Å². The van der Waals surface area contributed by atoms with Crippen LogP contribution >= 0.6 is 0 Å². The zero-order valence-electron chi connectivity index (χ0n) is 14.6. The Morgan fingerprint density at radius 2 is 1.70 bits per heavy atom. The summed E-state index contributed by atoms with van der Waals surface area (Å²) in [7, 11) is 0. The van der Waals surface area contributed by atoms with Crippen LogP contribution in [-0.4, -0.2) is 47.0 Å². The van der Waals surface area contributed by atoms with Gasteiger partial charge in [0.25, 0.3) is 5.91 Å². The van der Waals surface area contributed by atoms with Gasteiger partial charge in [-0.15, -0.1) is 0 Å². The Morgan fingerprint density at radius 1 is 0.963 bits per heavy atom. The number of nitrogen functional groups attached to an aromatic ring is 2. The van der Waals surface area contributed by atoms with Gasteiger partial charge in [0.2, 0.25) is 5.95 Å². The highest BCUT2D eigenvalue weighted by molar-refractivity contribution is 6.00. The minimum absolute atomic E-state index is 0.101. The Labute approximate surface area is 155 Å². The fraction of sp³-hybridized carbons (Fsp3) is 0.211. The number of anilines is 3. The number of benzene rings is 2. The average Bonchev–Trinajstić information content (AvgIpc) is 2.67. The lowest BCUT2D eigenvalue weighted by molar-refractivity contribution is 0.0742. The summed E-state index contributed by atoms with van der Waals surface area (Å²) in [5.74, 6) is -0.321. The van der Waals surface area contributed by atoms with E-state index in [-0.39, 0.29) is 17.4 Å². The van der Waals surface area contributed by atoms with Crippen LogP contribution in [-0.2, 0) is 0 Å². The fourth-order valence-corrected chi connectivity index (χ4v) is 3.43. The number of hydrogen-bond donors (Lipinski definition) is 2. The maximum atomic E-state index is 13.9. The van der Waals surface area contributed by atoms with E-state index in [2.05, 4.69) is 14.9 Å². The molecule has 0 spiro atoms. The third-order valence-corrected chi connectivity index (χ3v) is 4.76. The molecule has 0 bridgehead atoms. The number of aromatic nitrogens is 2. The second-order valence-electron chi connectivity index (χ2n) is 6.40. The van der Waals surface area contributed by atoms with Crippen molar-refractivity contribution in [1.82, 2.24) is 14.9 Å². The summed E-state index contributed by atoms with van der Waals surface area (Å²) in [5.41, 5.74) is 13.4. The molecule has 27 heavy (non-hydrogen) atoms. The van der Waals surface area contributed by atoms with Crippen LogP contribution in [0.25, 0.3) is 10.9 Å². The monoisotopic (exact) mass is 366 g/mol. The van der Waals surface area contributed by atoms with Crippen molar-refractivity contribution in [2.75, 3.05) is 42.5 Å². The van der Waals surface area contributed by atoms with Crippen LogP contribution in [0.5, 0.6) is 0 Å². The topological polar surface area (TPSA) is 101 Å². The highest BCUT2D eigenvalue weighted by atomic mass is 19.1. The first-order valence-corrected chi connectivity index (χ1v) is 8.65. The molecule has 2 aromatic carbocycles. The van der Waals surface area contributed by atoms with Crippen LogP contribution in [0.1, 0.15) is 10.4 Å². The molecule has 0 radical (unpaired) electrons. The molecule has 3 aromatic rings. The highest BCUT2D eigenvalue weighted by Crippen LogP contribution is 2.31. The first-order chi connectivity index (χ1) is 13.0. The first kappa shape index (κ1) is 17.0. The number of rotatable bonds is 2. The van der Waals surface area contributed by atoms with Gasteiger partial charge >= 0.3 is 0 Å². The molecule has 0 saturated carbocycles. The Morgan fingerprint density at radius 3 is 2.44 bits per heavy atom. The molecule has 1 aliphatic rings. The van der Waals surface area contributed by atoms with Crippen molar-refractivity contribution in [3.8, 4) is 0 Å². The number of piperazine rings is 1. The van der Waals surface area contributed by atoms with Gasteiger partial charge in [-0.2, -0.15) is 4.98 Å². The molecular formula is C19H19FN6O. The van der Waals surface area contributed by atoms with Gasteiger partial charge in [-0.1, -0.05) is 18.2 Å². The van der Waals surface area contributed by atoms with E-state index in [4.69, 9.17) is 11.5 Å². The maximum absolute atomic E-state index is 13.9. The van der Waals surface area contributed by atoms with E-state index >= 15 is 0 Å². The van der Waals surface area contributed by atoms with Gasteiger partial charge in [0.05, 0.1) is 22.2 Å². The summed E-state index contributed by atoms with van der Waals surface area (Å²) in [4.78, 5) is 24.7. The number of nitrogens with zero attached hydrogens (tertiary/aromatic N) is 4. The van der Waals surface area contributed by atoms with Crippen molar-refractivity contribution in [2.45, 2.75) is 0 Å². The number of halogens is 1. The van der Waals surface area contributed by atoms with Crippen molar-refractivity contribution < 1.29 is 9.18 Å². The molecule has 1 aromatic heterocycles. The Hall–Kier alpha value is -3.42. The molecule has 7 nitrogen and oxygen atoms in total. The molecule has 4 N–H and O–H groups in total. The lowest BCUT2D eigenvalue weighted by Gasteiger charge is -2.36. The quantitative estimate of drug-likeness (QED) is 0.718. The predicted molar refractivity (Wildman–Crippen MR) is 103 cm³/mol. The zero-order chi connectivity index (χ0) is 19.0. The van der Waals surface area contributed by atoms with Crippen molar-refractivity contribution in [2.24, 2.45) is 0 Å². The Bertz CT molecular complexity index is 1020. The molecule has 1 amide bonds. The van der Waals surface area contributed by atoms with Crippen LogP contribution in [0.2, 0.25) is 0 Å². The molecular weight excluding hydrogens is 347 g/mol. The SMILES string of the molecule is Nc1nc(N)c2c(N3CCN(C(=O)c4ccccc4F)CC3)cccc2n1. The van der Waals surface area contributed by atoms with E-state index in [1.165, 1.54) is 12.1 Å². The maximum Gasteiger partial charge on any atom is 0.256 e. The first-order valence-electron chi connectivity index (χ1n) is 8.65. The summed E-state index contributed by atoms with van der Waals surface area (Å²) in [6.45, 7) is 2.17. The molecule has 8 heteroatoms. The van der Waals surface area contributed by atoms with Gasteiger partial charge in [0, 0.05) is 26.2 Å². The molecule has 1 saturated heterocycles. The summed E-state index contributed by atoms with van der Waals surface area (Å²) in [6.07, 6.45) is 0. The fourth-order valence-electron chi connectivity index (χ4n) is 3.43. The lowest BCUT2D eigenvalue weighted by Crippen LogP contribution is -2.49. The molecule has 138 valence electrons. The smallest absolute Gasteiger partial charge is 0.256 e. The van der Waals surface area contributed by atoms with E-state index < -0.39 is 5.82 Å². The second kappa shape index (κ2) is 6.71. The molecule has 1 fully saturated rings. The van der Waals surface area contributed by atoms with E-state index in [0.717, 1.165) is 11.1 Å². The van der Waals surface area contributed by atoms with Gasteiger partial charge in [-0.3, -0.25) is 4.79 Å². The van der Waals surface area contributed by atoms with Crippen molar-refractivity contribution in [3.63, 3.8) is 0 Å². The molecule has 1 aliphatic heterocycles. The van der Waals surface area contributed by atoms with E-state index in [1.807, 2.05) is 18.2 Å². The molecule has 2 heterocycles. The average molecular weight is 366 g/mol. The van der Waals surface area contributed by atoms with Crippen LogP contribution in [0.4, 0.5) is 21.8 Å². The molecule has 4 rings (SSSR count). The summed E-state index contributed by atoms with van der Waals surface area (Å²) in [5, 5.41) is 0.751. The van der Waals surface area contributed by atoms with Crippen LogP contribution in [0.15, 0.2) is 42.5 Å². The summed E-state index contributed by atoms with van der Waals surface area (Å²) in [6, 6.07) is 11.7. The molecule has 0 unspecified atom stereocenters. The van der Waals surface area contributed by atoms with Gasteiger partial charge in [0.1, 0.15) is 11.6 Å². The second-order valence-corrected chi connectivity index (χ2v) is 6.40. The van der Waals surface area contributed by atoms with Gasteiger partial charge in [-0.25, -0.2) is 9.37 Å². The third-order valence-electron chi connectivity index (χ3n) is 4.76. The zero-order valence-corrected chi connectivity index (χ0v) is 14.6. The minimum Gasteiger partial charge on any atom is -0.383 e. The number of fused-ring (bicyclic) bond motifs is 1. The Kier molecular flexibility index (Phi) is 4.23. The normalized spacial score (nSPS) is 14.6. The van der Waals surface area contributed by atoms with Crippen molar-refractivity contribution in [3.05, 3.63) is 53.8 Å². The standard InChI is InChI=1S/C19H19FN6O/c20-13-5-2-1-4-12(13)18(27)26-10-8-25(9-11-26)15-7-3-6-14-16(15)17(21)24-19(22)23-14/h1-7H,8-11H2,(H4,21,22,23,24). The van der Waals surface area contributed by atoms with Gasteiger partial charge in [0.15, 0.2) is 0 Å². The molecule has 0 atom stereocenters. The number of amides is 1. The minimum atomic E-state index is -0.499. The van der Waals surface area contributed by atoms with E-state index in [0.29, 0.717) is 37.5 Å². The summed E-state index contributed by atoms with van der Waals surface area (Å²) < 4.78 is 13.9. The van der Waals surface area contributed by atoms with Gasteiger partial charge < -0.3 is 21.3 Å². The van der Waals surface area contributed by atoms with Crippen molar-refractivity contribution >= 4 is 34.3 Å². The number of carbonyl (C=O) groups is 1. The van der Waals surface area contributed by atoms with Gasteiger partial charge in [-0.05, 0) is 24.3 Å². The summed E-state index contributed by atoms with van der Waals surface area (Å²) >= 11 is 0. The number of hydrogen-bond acceptors (Lipinski definition) is 6. The third kappa shape index (κ3) is 3.10. The number of nitrogens with two attached hydrogens (primary N) is 2. The molecule has 0 aliphatic carbocycles. The highest BCUT2D eigenvalue weighted by Gasteiger charge is 2.25. The largest absolute Gasteiger partial charge is 0.383 e. The van der Waals surface area contributed by atoms with Crippen LogP contribution in [0.3, 0.4) is 0 Å². The predicted octanol–water partition coefficient (Wildman–Crippen LogP) is 1.90. The van der Waals surface area contributed by atoms with E-state index in [9.17, 15) is 9.18 Å². The Balaban J connectivity index is 1.56.